The zero-order valence-electron chi connectivity index (χ0n) is 14.7. The second-order valence-corrected chi connectivity index (χ2v) is 5.84. The number of nitrogens with one attached hydrogen (secondary N) is 2. The molecule has 0 aliphatic carbocycles. The van der Waals surface area contributed by atoms with Gasteiger partial charge in [0, 0.05) is 12.2 Å². The van der Waals surface area contributed by atoms with Crippen molar-refractivity contribution in [1.29, 1.82) is 0 Å². The summed E-state index contributed by atoms with van der Waals surface area (Å²) in [5.41, 5.74) is 3.43. The number of aryl methyl sites for hydroxylation is 2. The van der Waals surface area contributed by atoms with E-state index in [2.05, 4.69) is 20.6 Å². The molecule has 2 rings (SSSR count). The first-order chi connectivity index (χ1) is 11.5. The highest BCUT2D eigenvalue weighted by Crippen LogP contribution is 2.16. The van der Waals surface area contributed by atoms with Gasteiger partial charge in [0.05, 0.1) is 18.3 Å². The molecular formula is C19H25FN4. The van der Waals surface area contributed by atoms with E-state index in [1.54, 1.807) is 19.1 Å². The van der Waals surface area contributed by atoms with Crippen LogP contribution in [0.1, 0.15) is 42.4 Å². The molecule has 0 bridgehead atoms. The van der Waals surface area contributed by atoms with Crippen LogP contribution in [0.3, 0.4) is 0 Å². The number of benzene rings is 1. The van der Waals surface area contributed by atoms with Crippen LogP contribution < -0.4 is 10.6 Å². The number of aromatic nitrogens is 1. The predicted octanol–water partition coefficient (Wildman–Crippen LogP) is 3.65. The standard InChI is InChI=1S/C19H25FN4/c1-5-21-19(22-12-17-8-6-7-14(3)23-17)24-15(4)16-10-9-13(2)18(20)11-16/h6-11,15H,5,12H2,1-4H3,(H2,21,22,24). The lowest BCUT2D eigenvalue weighted by atomic mass is 10.1. The first-order valence-corrected chi connectivity index (χ1v) is 8.23. The zero-order chi connectivity index (χ0) is 17.5. The number of hydrogen-bond donors (Lipinski definition) is 2. The number of pyridine rings is 1. The van der Waals surface area contributed by atoms with Crippen LogP contribution in [0.25, 0.3) is 0 Å². The Morgan fingerprint density at radius 3 is 2.71 bits per heavy atom. The van der Waals surface area contributed by atoms with Gasteiger partial charge in [0.25, 0.3) is 0 Å². The molecule has 1 aromatic carbocycles. The Bertz CT molecular complexity index is 712. The molecule has 0 spiro atoms. The van der Waals surface area contributed by atoms with Crippen molar-refractivity contribution in [2.45, 2.75) is 40.3 Å². The minimum atomic E-state index is -0.188. The van der Waals surface area contributed by atoms with Gasteiger partial charge in [-0.2, -0.15) is 0 Å². The number of aliphatic imine (C=N–C) groups is 1. The van der Waals surface area contributed by atoms with Gasteiger partial charge >= 0.3 is 0 Å². The van der Waals surface area contributed by atoms with Crippen LogP contribution in [0.15, 0.2) is 41.4 Å². The molecule has 2 N–H and O–H groups in total. The van der Waals surface area contributed by atoms with Gasteiger partial charge < -0.3 is 10.6 Å². The summed E-state index contributed by atoms with van der Waals surface area (Å²) in [4.78, 5) is 9.02. The van der Waals surface area contributed by atoms with Crippen LogP contribution in [-0.2, 0) is 6.54 Å². The number of halogens is 1. The molecule has 128 valence electrons. The van der Waals surface area contributed by atoms with E-state index in [9.17, 15) is 4.39 Å². The maximum atomic E-state index is 13.8. The van der Waals surface area contributed by atoms with E-state index in [-0.39, 0.29) is 11.9 Å². The van der Waals surface area contributed by atoms with Crippen LogP contribution in [0, 0.1) is 19.7 Å². The Labute approximate surface area is 143 Å². The maximum Gasteiger partial charge on any atom is 0.192 e. The van der Waals surface area contributed by atoms with Crippen molar-refractivity contribution in [3.63, 3.8) is 0 Å². The van der Waals surface area contributed by atoms with E-state index < -0.39 is 0 Å². The van der Waals surface area contributed by atoms with E-state index in [4.69, 9.17) is 0 Å². The average Bonchev–Trinajstić information content (AvgIpc) is 2.55. The van der Waals surface area contributed by atoms with E-state index in [0.717, 1.165) is 23.5 Å². The van der Waals surface area contributed by atoms with Crippen LogP contribution in [0.5, 0.6) is 0 Å². The smallest absolute Gasteiger partial charge is 0.192 e. The van der Waals surface area contributed by atoms with Gasteiger partial charge in [0.1, 0.15) is 5.82 Å². The summed E-state index contributed by atoms with van der Waals surface area (Å²) >= 11 is 0. The molecule has 5 heteroatoms. The molecule has 0 radical (unpaired) electrons. The summed E-state index contributed by atoms with van der Waals surface area (Å²) in [5, 5.41) is 6.52. The molecule has 0 aliphatic heterocycles. The van der Waals surface area contributed by atoms with Crippen molar-refractivity contribution in [3.8, 4) is 0 Å². The molecule has 1 heterocycles. The third-order valence-corrected chi connectivity index (χ3v) is 3.74. The van der Waals surface area contributed by atoms with Crippen molar-refractivity contribution in [2.24, 2.45) is 4.99 Å². The zero-order valence-corrected chi connectivity index (χ0v) is 14.7. The van der Waals surface area contributed by atoms with Crippen LogP contribution in [-0.4, -0.2) is 17.5 Å². The van der Waals surface area contributed by atoms with E-state index in [0.29, 0.717) is 18.1 Å². The molecule has 0 saturated carbocycles. The number of hydrogen-bond acceptors (Lipinski definition) is 2. The molecule has 2 aromatic rings. The second kappa shape index (κ2) is 8.43. The third kappa shape index (κ3) is 5.05. The molecule has 1 aromatic heterocycles. The molecular weight excluding hydrogens is 303 g/mol. The van der Waals surface area contributed by atoms with Crippen molar-refractivity contribution in [1.82, 2.24) is 15.6 Å². The summed E-state index contributed by atoms with van der Waals surface area (Å²) in [5.74, 6) is 0.501. The molecule has 4 nitrogen and oxygen atoms in total. The molecule has 0 saturated heterocycles. The number of guanidine groups is 1. The molecule has 24 heavy (non-hydrogen) atoms. The van der Waals surface area contributed by atoms with Crippen molar-refractivity contribution >= 4 is 5.96 Å². The molecule has 0 aliphatic rings. The van der Waals surface area contributed by atoms with Crippen molar-refractivity contribution in [3.05, 3.63) is 64.7 Å². The lowest BCUT2D eigenvalue weighted by Crippen LogP contribution is -2.38. The fraction of sp³-hybridized carbons (Fsp3) is 0.368. The van der Waals surface area contributed by atoms with Gasteiger partial charge in [-0.3, -0.25) is 4.98 Å². The Balaban J connectivity index is 2.09. The van der Waals surface area contributed by atoms with Gasteiger partial charge in [-0.15, -0.1) is 0 Å². The fourth-order valence-corrected chi connectivity index (χ4v) is 2.33. The SMILES string of the molecule is CCNC(=NCc1cccc(C)n1)NC(C)c1ccc(C)c(F)c1. The van der Waals surface area contributed by atoms with Gasteiger partial charge in [-0.1, -0.05) is 18.2 Å². The van der Waals surface area contributed by atoms with Crippen LogP contribution in [0.2, 0.25) is 0 Å². The quantitative estimate of drug-likeness (QED) is 0.650. The third-order valence-electron chi connectivity index (χ3n) is 3.74. The minimum absolute atomic E-state index is 0.0524. The molecule has 0 amide bonds. The monoisotopic (exact) mass is 328 g/mol. The highest BCUT2D eigenvalue weighted by Gasteiger charge is 2.09. The Morgan fingerprint density at radius 1 is 1.25 bits per heavy atom. The molecule has 1 atom stereocenters. The predicted molar refractivity (Wildman–Crippen MR) is 96.5 cm³/mol. The first kappa shape index (κ1) is 17.9. The number of nitrogens with zero attached hydrogens (tertiary/aromatic N) is 2. The Kier molecular flexibility index (Phi) is 6.29. The second-order valence-electron chi connectivity index (χ2n) is 5.84. The highest BCUT2D eigenvalue weighted by molar-refractivity contribution is 5.80. The van der Waals surface area contributed by atoms with E-state index >= 15 is 0 Å². The first-order valence-electron chi connectivity index (χ1n) is 8.23. The maximum absolute atomic E-state index is 13.8. The van der Waals surface area contributed by atoms with E-state index in [1.165, 1.54) is 0 Å². The molecule has 0 fully saturated rings. The largest absolute Gasteiger partial charge is 0.357 e. The summed E-state index contributed by atoms with van der Waals surface area (Å²) < 4.78 is 13.8. The Morgan fingerprint density at radius 2 is 2.04 bits per heavy atom. The summed E-state index contributed by atoms with van der Waals surface area (Å²) in [7, 11) is 0. The van der Waals surface area contributed by atoms with Gasteiger partial charge in [-0.05, 0) is 57.0 Å². The van der Waals surface area contributed by atoms with Crippen LogP contribution >= 0.6 is 0 Å². The lowest BCUT2D eigenvalue weighted by Gasteiger charge is -2.18. The topological polar surface area (TPSA) is 49.3 Å². The fourth-order valence-electron chi connectivity index (χ4n) is 2.33. The highest BCUT2D eigenvalue weighted by atomic mass is 19.1. The van der Waals surface area contributed by atoms with Crippen molar-refractivity contribution < 1.29 is 4.39 Å². The summed E-state index contributed by atoms with van der Waals surface area (Å²) in [6.45, 7) is 8.97. The average molecular weight is 328 g/mol. The lowest BCUT2D eigenvalue weighted by molar-refractivity contribution is 0.607. The van der Waals surface area contributed by atoms with Crippen molar-refractivity contribution in [2.75, 3.05) is 6.54 Å². The summed E-state index contributed by atoms with van der Waals surface area (Å²) in [6.07, 6.45) is 0. The minimum Gasteiger partial charge on any atom is -0.357 e. The van der Waals surface area contributed by atoms with Gasteiger partial charge in [-0.25, -0.2) is 9.38 Å². The van der Waals surface area contributed by atoms with E-state index in [1.807, 2.05) is 45.0 Å². The van der Waals surface area contributed by atoms with Gasteiger partial charge in [0.15, 0.2) is 5.96 Å². The molecule has 1 unspecified atom stereocenters. The van der Waals surface area contributed by atoms with Gasteiger partial charge in [0.2, 0.25) is 0 Å². The summed E-state index contributed by atoms with van der Waals surface area (Å²) in [6, 6.07) is 11.1. The van der Waals surface area contributed by atoms with Crippen LogP contribution in [0.4, 0.5) is 4.39 Å². The normalized spacial score (nSPS) is 12.8. The Hall–Kier alpha value is -2.43. The number of rotatable bonds is 5.